The molecule has 1 saturated carbocycles. The lowest BCUT2D eigenvalue weighted by Crippen LogP contribution is -2.49. The van der Waals surface area contributed by atoms with Crippen LogP contribution in [-0.2, 0) is 10.0 Å². The summed E-state index contributed by atoms with van der Waals surface area (Å²) in [6.07, 6.45) is 5.53. The molecule has 0 unspecified atom stereocenters. The van der Waals surface area contributed by atoms with E-state index in [-0.39, 0.29) is 30.5 Å². The van der Waals surface area contributed by atoms with Crippen LogP contribution >= 0.6 is 11.6 Å². The van der Waals surface area contributed by atoms with Crippen LogP contribution in [0.4, 0.5) is 11.4 Å². The van der Waals surface area contributed by atoms with Crippen molar-refractivity contribution < 1.29 is 13.2 Å². The van der Waals surface area contributed by atoms with Crippen LogP contribution in [0.5, 0.6) is 5.75 Å². The van der Waals surface area contributed by atoms with Crippen molar-refractivity contribution in [2.45, 2.75) is 36.7 Å². The number of nitrogens with zero attached hydrogens (tertiary/aromatic N) is 5. The van der Waals surface area contributed by atoms with Crippen molar-refractivity contribution in [1.29, 1.82) is 0 Å². The molecule has 0 bridgehead atoms. The molecule has 0 radical (unpaired) electrons. The molecule has 2 heterocycles. The van der Waals surface area contributed by atoms with Gasteiger partial charge in [0.15, 0.2) is 0 Å². The summed E-state index contributed by atoms with van der Waals surface area (Å²) in [7, 11) is 0.174. The summed E-state index contributed by atoms with van der Waals surface area (Å²) in [6, 6.07) is 18.2. The van der Waals surface area contributed by atoms with Crippen LogP contribution in [-0.4, -0.2) is 68.9 Å². The molecule has 1 saturated heterocycles. The van der Waals surface area contributed by atoms with E-state index in [0.29, 0.717) is 39.8 Å². The first-order chi connectivity index (χ1) is 20.2. The van der Waals surface area contributed by atoms with Gasteiger partial charge in [-0.25, -0.2) is 8.42 Å². The highest BCUT2D eigenvalue weighted by atomic mass is 35.5. The Morgan fingerprint density at radius 1 is 0.952 bits per heavy atom. The topological polar surface area (TPSA) is 88.0 Å². The van der Waals surface area contributed by atoms with Crippen molar-refractivity contribution >= 4 is 43.8 Å². The van der Waals surface area contributed by atoms with E-state index < -0.39 is 10.0 Å². The Morgan fingerprint density at radius 3 is 2.40 bits per heavy atom. The van der Waals surface area contributed by atoms with Gasteiger partial charge >= 0.3 is 5.56 Å². The van der Waals surface area contributed by atoms with Gasteiger partial charge in [0, 0.05) is 56.4 Å². The van der Waals surface area contributed by atoms with Crippen LogP contribution in [0.2, 0.25) is 5.02 Å². The fourth-order valence-electron chi connectivity index (χ4n) is 5.78. The molecule has 4 aromatic rings. The highest BCUT2D eigenvalue weighted by molar-refractivity contribution is 7.89. The van der Waals surface area contributed by atoms with Crippen molar-refractivity contribution in [3.05, 3.63) is 82.2 Å². The minimum absolute atomic E-state index is 0.0345. The molecule has 1 aliphatic carbocycles. The zero-order valence-corrected chi connectivity index (χ0v) is 25.3. The Bertz CT molecular complexity index is 1780. The maximum absolute atomic E-state index is 13.8. The molecule has 220 valence electrons. The summed E-state index contributed by atoms with van der Waals surface area (Å²) in [6.45, 7) is 1.35. The van der Waals surface area contributed by atoms with E-state index in [1.54, 1.807) is 42.6 Å². The van der Waals surface area contributed by atoms with E-state index >= 15 is 0 Å². The second-order valence-electron chi connectivity index (χ2n) is 11.0. The second kappa shape index (κ2) is 11.6. The van der Waals surface area contributed by atoms with Gasteiger partial charge in [-0.15, -0.1) is 0 Å². The predicted octanol–water partition coefficient (Wildman–Crippen LogP) is 4.94. The molecule has 0 spiro atoms. The SMILES string of the molecule is CN(C)c1ccc2c(S(=O)(=O)N3CCN(c4cnn(-c5cccc(Cl)c5)c(=O)c4OC4CCCC4)CC3)cccc2c1. The largest absolute Gasteiger partial charge is 0.483 e. The lowest BCUT2D eigenvalue weighted by molar-refractivity contribution is 0.205. The smallest absolute Gasteiger partial charge is 0.316 e. The summed E-state index contributed by atoms with van der Waals surface area (Å²) < 4.78 is 36.8. The van der Waals surface area contributed by atoms with Crippen LogP contribution in [0.15, 0.2) is 76.6 Å². The Morgan fingerprint density at radius 2 is 1.69 bits per heavy atom. The maximum atomic E-state index is 13.8. The van der Waals surface area contributed by atoms with Crippen molar-refractivity contribution in [1.82, 2.24) is 14.1 Å². The van der Waals surface area contributed by atoms with Crippen LogP contribution in [0.1, 0.15) is 25.7 Å². The molecule has 0 N–H and O–H groups in total. The van der Waals surface area contributed by atoms with Crippen molar-refractivity contribution in [3.63, 3.8) is 0 Å². The molecule has 42 heavy (non-hydrogen) atoms. The van der Waals surface area contributed by atoms with Gasteiger partial charge in [0.1, 0.15) is 5.69 Å². The zero-order valence-electron chi connectivity index (χ0n) is 23.7. The summed E-state index contributed by atoms with van der Waals surface area (Å²) >= 11 is 6.19. The van der Waals surface area contributed by atoms with Gasteiger partial charge in [-0.05, 0) is 67.5 Å². The van der Waals surface area contributed by atoms with E-state index in [4.69, 9.17) is 16.3 Å². The molecule has 3 aromatic carbocycles. The van der Waals surface area contributed by atoms with Gasteiger partial charge in [-0.2, -0.15) is 14.1 Å². The van der Waals surface area contributed by atoms with Crippen molar-refractivity contribution in [3.8, 4) is 11.4 Å². The molecule has 0 amide bonds. The number of hydrogen-bond acceptors (Lipinski definition) is 7. The van der Waals surface area contributed by atoms with Gasteiger partial charge in [0.05, 0.1) is 22.9 Å². The van der Waals surface area contributed by atoms with E-state index in [9.17, 15) is 13.2 Å². The first kappa shape index (κ1) is 28.5. The van der Waals surface area contributed by atoms with E-state index in [0.717, 1.165) is 36.8 Å². The van der Waals surface area contributed by atoms with Crippen LogP contribution in [0, 0.1) is 0 Å². The van der Waals surface area contributed by atoms with E-state index in [1.807, 2.05) is 48.2 Å². The van der Waals surface area contributed by atoms with Gasteiger partial charge in [-0.1, -0.05) is 35.9 Å². The molecule has 6 rings (SSSR count). The fraction of sp³-hybridized carbons (Fsp3) is 0.355. The Labute approximate surface area is 250 Å². The predicted molar refractivity (Wildman–Crippen MR) is 167 cm³/mol. The van der Waals surface area contributed by atoms with Crippen LogP contribution in [0.3, 0.4) is 0 Å². The van der Waals surface area contributed by atoms with Gasteiger partial charge in [-0.3, -0.25) is 4.79 Å². The first-order valence-corrected chi connectivity index (χ1v) is 16.0. The fourth-order valence-corrected chi connectivity index (χ4v) is 7.60. The summed E-state index contributed by atoms with van der Waals surface area (Å²) in [5.74, 6) is 0.249. The molecular weight excluding hydrogens is 574 g/mol. The number of halogens is 1. The number of piperazine rings is 1. The normalized spacial score (nSPS) is 16.7. The Balaban J connectivity index is 1.28. The van der Waals surface area contributed by atoms with Crippen LogP contribution < -0.4 is 20.1 Å². The highest BCUT2D eigenvalue weighted by Crippen LogP contribution is 2.33. The quantitative estimate of drug-likeness (QED) is 0.294. The van der Waals surface area contributed by atoms with Crippen LogP contribution in [0.25, 0.3) is 16.5 Å². The number of benzene rings is 3. The first-order valence-electron chi connectivity index (χ1n) is 14.2. The Kier molecular flexibility index (Phi) is 7.87. The average Bonchev–Trinajstić information content (AvgIpc) is 3.51. The third-order valence-corrected chi connectivity index (χ3v) is 10.3. The number of aromatic nitrogens is 2. The minimum Gasteiger partial charge on any atom is -0.483 e. The molecule has 11 heteroatoms. The van der Waals surface area contributed by atoms with Crippen molar-refractivity contribution in [2.24, 2.45) is 0 Å². The molecule has 1 aromatic heterocycles. The second-order valence-corrected chi connectivity index (χ2v) is 13.4. The standard InChI is InChI=1S/C31H34ClN5O4S/c1-34(2)24-13-14-27-22(19-24)7-5-12-29(27)42(39,40)36-17-15-35(16-18-36)28-21-33-37(25-9-6-8-23(32)20-25)31(38)30(28)41-26-10-3-4-11-26/h5-9,12-14,19-21,26H,3-4,10-11,15-18H2,1-2H3. The van der Waals surface area contributed by atoms with Gasteiger partial charge < -0.3 is 14.5 Å². The number of ether oxygens (including phenoxy) is 1. The number of anilines is 2. The lowest BCUT2D eigenvalue weighted by atomic mass is 10.1. The molecule has 9 nitrogen and oxygen atoms in total. The van der Waals surface area contributed by atoms with Gasteiger partial charge in [0.2, 0.25) is 15.8 Å². The zero-order chi connectivity index (χ0) is 29.4. The molecule has 1 aliphatic heterocycles. The Hall–Kier alpha value is -3.60. The molecule has 0 atom stereocenters. The highest BCUT2D eigenvalue weighted by Gasteiger charge is 2.32. The summed E-state index contributed by atoms with van der Waals surface area (Å²) in [5, 5.41) is 6.54. The number of fused-ring (bicyclic) bond motifs is 1. The molecule has 2 aliphatic rings. The maximum Gasteiger partial charge on any atom is 0.316 e. The molecular formula is C31H34ClN5O4S. The lowest BCUT2D eigenvalue weighted by Gasteiger charge is -2.36. The third kappa shape index (κ3) is 5.46. The number of hydrogen-bond donors (Lipinski definition) is 0. The van der Waals surface area contributed by atoms with E-state index in [1.165, 1.54) is 8.99 Å². The number of rotatable bonds is 7. The average molecular weight is 608 g/mol. The summed E-state index contributed by atoms with van der Waals surface area (Å²) in [5.41, 5.74) is 1.79. The summed E-state index contributed by atoms with van der Waals surface area (Å²) in [4.78, 5) is 18.0. The van der Waals surface area contributed by atoms with E-state index in [2.05, 4.69) is 5.10 Å². The monoisotopic (exact) mass is 607 g/mol. The van der Waals surface area contributed by atoms with Crippen molar-refractivity contribution in [2.75, 3.05) is 50.1 Å². The van der Waals surface area contributed by atoms with Gasteiger partial charge in [0.25, 0.3) is 0 Å². The number of sulfonamides is 1. The molecule has 2 fully saturated rings. The third-order valence-electron chi connectivity index (χ3n) is 8.09. The minimum atomic E-state index is -3.74.